The number of halogens is 3. The smallest absolute Gasteiger partial charge is 0.252 e. The predicted molar refractivity (Wildman–Crippen MR) is 126 cm³/mol. The lowest BCUT2D eigenvalue weighted by molar-refractivity contribution is 0.0942. The van der Waals surface area contributed by atoms with Gasteiger partial charge in [-0.1, -0.05) is 65.1 Å². The van der Waals surface area contributed by atoms with Crippen molar-refractivity contribution >= 4 is 40.7 Å². The molecule has 1 unspecified atom stereocenters. The van der Waals surface area contributed by atoms with Gasteiger partial charge in [-0.25, -0.2) is 4.98 Å². The second-order valence-corrected chi connectivity index (χ2v) is 8.31. The number of aromatic nitrogens is 1. The third-order valence-corrected chi connectivity index (χ3v) is 5.40. The predicted octanol–water partition coefficient (Wildman–Crippen LogP) is 5.50. The molecule has 0 saturated carbocycles. The van der Waals surface area contributed by atoms with Crippen LogP contribution in [0.5, 0.6) is 5.75 Å². The van der Waals surface area contributed by atoms with Crippen molar-refractivity contribution in [3.8, 4) is 5.75 Å². The number of nitrogens with one attached hydrogen (secondary N) is 1. The number of hydrogen-bond donors (Lipinski definition) is 1. The zero-order chi connectivity index (χ0) is 22.4. The van der Waals surface area contributed by atoms with E-state index in [1.54, 1.807) is 42.6 Å². The molecule has 1 atom stereocenters. The second-order valence-electron chi connectivity index (χ2n) is 7.11. The molecule has 0 aliphatic heterocycles. The molecule has 1 aromatic heterocycles. The van der Waals surface area contributed by atoms with Crippen molar-refractivity contribution in [1.29, 1.82) is 0 Å². The Morgan fingerprint density at radius 3 is 2.45 bits per heavy atom. The Balaban J connectivity index is 2.04. The van der Waals surface area contributed by atoms with E-state index >= 15 is 0 Å². The third-order valence-electron chi connectivity index (χ3n) is 4.56. The summed E-state index contributed by atoms with van der Waals surface area (Å²) in [6.07, 6.45) is 1.55. The summed E-state index contributed by atoms with van der Waals surface area (Å²) in [6, 6.07) is 15.2. The molecule has 162 valence electrons. The number of ether oxygens (including phenoxy) is 1. The molecule has 0 bridgehead atoms. The first-order valence-electron chi connectivity index (χ1n) is 9.59. The van der Waals surface area contributed by atoms with Gasteiger partial charge in [-0.05, 0) is 38.4 Å². The van der Waals surface area contributed by atoms with Gasteiger partial charge in [0.1, 0.15) is 17.5 Å². The Morgan fingerprint density at radius 2 is 1.77 bits per heavy atom. The van der Waals surface area contributed by atoms with Gasteiger partial charge in [0, 0.05) is 29.4 Å². The molecule has 0 saturated heterocycles. The summed E-state index contributed by atoms with van der Waals surface area (Å²) in [5.74, 6) is 0.214. The van der Waals surface area contributed by atoms with E-state index < -0.39 is 6.04 Å². The van der Waals surface area contributed by atoms with Crippen LogP contribution in [0.25, 0.3) is 0 Å². The van der Waals surface area contributed by atoms with E-state index in [9.17, 15) is 4.79 Å². The Hall–Kier alpha value is -2.31. The van der Waals surface area contributed by atoms with Gasteiger partial charge in [-0.2, -0.15) is 0 Å². The zero-order valence-electron chi connectivity index (χ0n) is 17.1. The highest BCUT2D eigenvalue weighted by molar-refractivity contribution is 6.34. The van der Waals surface area contributed by atoms with Crippen LogP contribution in [0.4, 0.5) is 0 Å². The topological polar surface area (TPSA) is 54.5 Å². The highest BCUT2D eigenvalue weighted by Gasteiger charge is 2.25. The molecule has 2 aromatic carbocycles. The lowest BCUT2D eigenvalue weighted by Gasteiger charge is -2.24. The minimum atomic E-state index is -0.655. The fourth-order valence-corrected chi connectivity index (χ4v) is 3.70. The van der Waals surface area contributed by atoms with Gasteiger partial charge in [0.25, 0.3) is 5.91 Å². The molecule has 0 spiro atoms. The number of amides is 1. The molecule has 1 N–H and O–H groups in total. The minimum absolute atomic E-state index is 0.260. The SMILES string of the molecule is CN(C)CCOc1c(Cl)cccc1C(NC(=O)c1ccccc1)c1cnc(Cl)cc1Cl. The minimum Gasteiger partial charge on any atom is -0.490 e. The van der Waals surface area contributed by atoms with Gasteiger partial charge in [0.2, 0.25) is 0 Å². The maximum Gasteiger partial charge on any atom is 0.252 e. The number of hydrogen-bond acceptors (Lipinski definition) is 4. The lowest BCUT2D eigenvalue weighted by Crippen LogP contribution is -2.30. The number of nitrogens with zero attached hydrogens (tertiary/aromatic N) is 2. The standard InChI is InChI=1S/C23H22Cl3N3O2/c1-29(2)11-12-31-22-16(9-6-10-18(22)24)21(17-14-27-20(26)13-19(17)25)28-23(30)15-7-4-3-5-8-15/h3-10,13-14,21H,11-12H2,1-2H3,(H,28,30). The number of para-hydroxylation sites is 1. The fraction of sp³-hybridized carbons (Fsp3) is 0.217. The molecule has 0 fully saturated rings. The first kappa shape index (κ1) is 23.4. The normalized spacial score (nSPS) is 11.9. The summed E-state index contributed by atoms with van der Waals surface area (Å²) in [7, 11) is 3.91. The summed E-state index contributed by atoms with van der Waals surface area (Å²) in [4.78, 5) is 19.2. The fourth-order valence-electron chi connectivity index (χ4n) is 2.99. The lowest BCUT2D eigenvalue weighted by atomic mass is 9.98. The van der Waals surface area contributed by atoms with Crippen molar-refractivity contribution in [3.05, 3.63) is 92.7 Å². The summed E-state index contributed by atoms with van der Waals surface area (Å²) in [5, 5.41) is 4.11. The van der Waals surface area contributed by atoms with Crippen LogP contribution in [0.15, 0.2) is 60.8 Å². The van der Waals surface area contributed by atoms with E-state index in [4.69, 9.17) is 39.5 Å². The van der Waals surface area contributed by atoms with Crippen LogP contribution in [-0.2, 0) is 0 Å². The molecular weight excluding hydrogens is 457 g/mol. The molecule has 0 aliphatic rings. The Kier molecular flexibility index (Phi) is 8.15. The Morgan fingerprint density at radius 1 is 1.03 bits per heavy atom. The Bertz CT molecular complexity index is 1050. The van der Waals surface area contributed by atoms with Crippen LogP contribution >= 0.6 is 34.8 Å². The monoisotopic (exact) mass is 477 g/mol. The Labute approximate surface area is 196 Å². The highest BCUT2D eigenvalue weighted by atomic mass is 35.5. The number of pyridine rings is 1. The van der Waals surface area contributed by atoms with Gasteiger partial charge in [0.05, 0.1) is 16.1 Å². The maximum atomic E-state index is 13.0. The molecule has 5 nitrogen and oxygen atoms in total. The van der Waals surface area contributed by atoms with E-state index in [-0.39, 0.29) is 11.1 Å². The van der Waals surface area contributed by atoms with Crippen molar-refractivity contribution < 1.29 is 9.53 Å². The number of carbonyl (C=O) groups excluding carboxylic acids is 1. The molecular formula is C23H22Cl3N3O2. The second kappa shape index (κ2) is 10.8. The van der Waals surface area contributed by atoms with Gasteiger partial charge < -0.3 is 15.0 Å². The van der Waals surface area contributed by atoms with Crippen LogP contribution in [0, 0.1) is 0 Å². The van der Waals surface area contributed by atoms with E-state index in [1.165, 1.54) is 6.07 Å². The average Bonchev–Trinajstić information content (AvgIpc) is 2.74. The van der Waals surface area contributed by atoms with E-state index in [0.29, 0.717) is 45.6 Å². The first-order valence-corrected chi connectivity index (χ1v) is 10.7. The van der Waals surface area contributed by atoms with Crippen molar-refractivity contribution in [2.75, 3.05) is 27.2 Å². The molecule has 0 radical (unpaired) electrons. The zero-order valence-corrected chi connectivity index (χ0v) is 19.4. The number of likely N-dealkylation sites (N-methyl/N-ethyl adjacent to an activating group) is 1. The largest absolute Gasteiger partial charge is 0.490 e. The highest BCUT2D eigenvalue weighted by Crippen LogP contribution is 2.38. The number of rotatable bonds is 8. The summed E-state index contributed by atoms with van der Waals surface area (Å²) >= 11 is 18.9. The van der Waals surface area contributed by atoms with E-state index in [2.05, 4.69) is 10.3 Å². The average molecular weight is 479 g/mol. The summed E-state index contributed by atoms with van der Waals surface area (Å²) in [5.41, 5.74) is 1.76. The number of benzene rings is 2. The van der Waals surface area contributed by atoms with Crippen molar-refractivity contribution in [1.82, 2.24) is 15.2 Å². The van der Waals surface area contributed by atoms with Crippen LogP contribution in [0.2, 0.25) is 15.2 Å². The van der Waals surface area contributed by atoms with Crippen LogP contribution in [-0.4, -0.2) is 43.0 Å². The van der Waals surface area contributed by atoms with E-state index in [0.717, 1.165) is 0 Å². The molecule has 31 heavy (non-hydrogen) atoms. The van der Waals surface area contributed by atoms with Gasteiger partial charge in [-0.3, -0.25) is 4.79 Å². The molecule has 1 heterocycles. The molecule has 8 heteroatoms. The number of carbonyl (C=O) groups is 1. The molecule has 3 rings (SSSR count). The third kappa shape index (κ3) is 6.11. The van der Waals surface area contributed by atoms with Crippen LogP contribution < -0.4 is 10.1 Å². The van der Waals surface area contributed by atoms with E-state index in [1.807, 2.05) is 31.1 Å². The summed E-state index contributed by atoms with van der Waals surface area (Å²) in [6.45, 7) is 1.13. The van der Waals surface area contributed by atoms with Crippen molar-refractivity contribution in [2.45, 2.75) is 6.04 Å². The molecule has 1 amide bonds. The quantitative estimate of drug-likeness (QED) is 0.434. The van der Waals surface area contributed by atoms with Crippen molar-refractivity contribution in [2.24, 2.45) is 0 Å². The van der Waals surface area contributed by atoms with Crippen LogP contribution in [0.3, 0.4) is 0 Å². The van der Waals surface area contributed by atoms with Gasteiger partial charge in [0.15, 0.2) is 0 Å². The molecule has 0 aliphatic carbocycles. The van der Waals surface area contributed by atoms with Crippen molar-refractivity contribution in [3.63, 3.8) is 0 Å². The van der Waals surface area contributed by atoms with Crippen LogP contribution in [0.1, 0.15) is 27.5 Å². The van der Waals surface area contributed by atoms with Gasteiger partial charge >= 0.3 is 0 Å². The maximum absolute atomic E-state index is 13.0. The van der Waals surface area contributed by atoms with Gasteiger partial charge in [-0.15, -0.1) is 0 Å². The summed E-state index contributed by atoms with van der Waals surface area (Å²) < 4.78 is 6.02. The molecule has 3 aromatic rings. The first-order chi connectivity index (χ1) is 14.9.